The SMILES string of the molecule is NC(=O)c1cc(F)c(Br)cc1N1CCOCC1. The van der Waals surface area contributed by atoms with E-state index in [2.05, 4.69) is 15.9 Å². The van der Waals surface area contributed by atoms with E-state index in [-0.39, 0.29) is 5.56 Å². The lowest BCUT2D eigenvalue weighted by molar-refractivity contribution is 0.0998. The van der Waals surface area contributed by atoms with E-state index >= 15 is 0 Å². The number of nitrogens with two attached hydrogens (primary N) is 1. The number of halogens is 2. The molecular weight excluding hydrogens is 291 g/mol. The van der Waals surface area contributed by atoms with Crippen LogP contribution in [-0.4, -0.2) is 32.2 Å². The van der Waals surface area contributed by atoms with Gasteiger partial charge in [-0.1, -0.05) is 0 Å². The van der Waals surface area contributed by atoms with E-state index in [1.54, 1.807) is 6.07 Å². The zero-order valence-corrected chi connectivity index (χ0v) is 10.7. The standard InChI is InChI=1S/C11H12BrFN2O2/c12-8-6-10(15-1-3-17-4-2-15)7(11(14)16)5-9(8)13/h5-6H,1-4H2,(H2,14,16). The van der Waals surface area contributed by atoms with Crippen molar-refractivity contribution in [1.29, 1.82) is 0 Å². The first-order chi connectivity index (χ1) is 8.09. The lowest BCUT2D eigenvalue weighted by atomic mass is 10.1. The minimum Gasteiger partial charge on any atom is -0.378 e. The second-order valence-corrected chi connectivity index (χ2v) is 4.60. The highest BCUT2D eigenvalue weighted by molar-refractivity contribution is 9.10. The Morgan fingerprint density at radius 3 is 2.65 bits per heavy atom. The minimum atomic E-state index is -0.627. The molecule has 92 valence electrons. The van der Waals surface area contributed by atoms with E-state index in [4.69, 9.17) is 10.5 Å². The average Bonchev–Trinajstić information content (AvgIpc) is 2.33. The molecular formula is C11H12BrFN2O2. The van der Waals surface area contributed by atoms with Gasteiger partial charge in [-0.2, -0.15) is 0 Å². The lowest BCUT2D eigenvalue weighted by Crippen LogP contribution is -2.37. The molecule has 0 saturated carbocycles. The van der Waals surface area contributed by atoms with Crippen LogP contribution in [-0.2, 0) is 4.74 Å². The van der Waals surface area contributed by atoms with Crippen LogP contribution in [0.4, 0.5) is 10.1 Å². The molecule has 0 atom stereocenters. The highest BCUT2D eigenvalue weighted by Gasteiger charge is 2.19. The number of hydrogen-bond acceptors (Lipinski definition) is 3. The van der Waals surface area contributed by atoms with Crippen molar-refractivity contribution in [2.24, 2.45) is 5.73 Å². The minimum absolute atomic E-state index is 0.201. The quantitative estimate of drug-likeness (QED) is 0.901. The molecule has 1 aromatic carbocycles. The Morgan fingerprint density at radius 2 is 2.06 bits per heavy atom. The van der Waals surface area contributed by atoms with E-state index in [1.165, 1.54) is 0 Å². The highest BCUT2D eigenvalue weighted by Crippen LogP contribution is 2.28. The Hall–Kier alpha value is -1.14. The predicted octanol–water partition coefficient (Wildman–Crippen LogP) is 1.52. The molecule has 2 rings (SSSR count). The molecule has 2 N–H and O–H groups in total. The normalized spacial score (nSPS) is 16.0. The van der Waals surface area contributed by atoms with Crippen LogP contribution in [0.3, 0.4) is 0 Å². The third-order valence-corrected chi connectivity index (χ3v) is 3.26. The van der Waals surface area contributed by atoms with Gasteiger partial charge in [0.15, 0.2) is 0 Å². The van der Waals surface area contributed by atoms with Gasteiger partial charge in [0.2, 0.25) is 0 Å². The van der Waals surface area contributed by atoms with Crippen LogP contribution in [0.15, 0.2) is 16.6 Å². The topological polar surface area (TPSA) is 55.6 Å². The summed E-state index contributed by atoms with van der Waals surface area (Å²) in [6.07, 6.45) is 0. The summed E-state index contributed by atoms with van der Waals surface area (Å²) >= 11 is 3.11. The number of amides is 1. The Morgan fingerprint density at radius 1 is 1.41 bits per heavy atom. The molecule has 0 spiro atoms. The van der Waals surface area contributed by atoms with Crippen LogP contribution in [0.5, 0.6) is 0 Å². The molecule has 1 aliphatic heterocycles. The van der Waals surface area contributed by atoms with Gasteiger partial charge in [0, 0.05) is 13.1 Å². The molecule has 0 aromatic heterocycles. The zero-order valence-electron chi connectivity index (χ0n) is 9.08. The third-order valence-electron chi connectivity index (χ3n) is 2.66. The largest absolute Gasteiger partial charge is 0.378 e. The third kappa shape index (κ3) is 2.58. The summed E-state index contributed by atoms with van der Waals surface area (Å²) < 4.78 is 18.9. The fraction of sp³-hybridized carbons (Fsp3) is 0.364. The molecule has 0 unspecified atom stereocenters. The van der Waals surface area contributed by atoms with Crippen molar-refractivity contribution in [2.75, 3.05) is 31.2 Å². The van der Waals surface area contributed by atoms with Crippen molar-refractivity contribution < 1.29 is 13.9 Å². The number of nitrogens with zero attached hydrogens (tertiary/aromatic N) is 1. The first-order valence-corrected chi connectivity index (χ1v) is 6.00. The van der Waals surface area contributed by atoms with Crippen molar-refractivity contribution in [3.63, 3.8) is 0 Å². The number of carbonyl (C=O) groups is 1. The van der Waals surface area contributed by atoms with Crippen molar-refractivity contribution >= 4 is 27.5 Å². The van der Waals surface area contributed by atoms with E-state index in [0.717, 1.165) is 6.07 Å². The van der Waals surface area contributed by atoms with Crippen LogP contribution >= 0.6 is 15.9 Å². The van der Waals surface area contributed by atoms with Gasteiger partial charge < -0.3 is 15.4 Å². The second-order valence-electron chi connectivity index (χ2n) is 3.75. The van der Waals surface area contributed by atoms with Gasteiger partial charge in [-0.25, -0.2) is 4.39 Å². The maximum Gasteiger partial charge on any atom is 0.250 e. The van der Waals surface area contributed by atoms with Crippen molar-refractivity contribution in [2.45, 2.75) is 0 Å². The van der Waals surface area contributed by atoms with Crippen molar-refractivity contribution in [3.05, 3.63) is 28.0 Å². The summed E-state index contributed by atoms with van der Waals surface area (Å²) in [7, 11) is 0. The Balaban J connectivity index is 2.42. The van der Waals surface area contributed by atoms with Crippen LogP contribution < -0.4 is 10.6 Å². The highest BCUT2D eigenvalue weighted by atomic mass is 79.9. The first-order valence-electron chi connectivity index (χ1n) is 5.21. The van der Waals surface area contributed by atoms with Crippen LogP contribution in [0.1, 0.15) is 10.4 Å². The fourth-order valence-corrected chi connectivity index (χ4v) is 2.13. The summed E-state index contributed by atoms with van der Waals surface area (Å²) in [5.41, 5.74) is 6.11. The van der Waals surface area contributed by atoms with Gasteiger partial charge in [-0.15, -0.1) is 0 Å². The van der Waals surface area contributed by atoms with Gasteiger partial charge in [0.25, 0.3) is 5.91 Å². The smallest absolute Gasteiger partial charge is 0.250 e. The monoisotopic (exact) mass is 302 g/mol. The number of anilines is 1. The molecule has 1 aliphatic rings. The Bertz CT molecular complexity index is 447. The molecule has 1 amide bonds. The number of ether oxygens (including phenoxy) is 1. The maximum atomic E-state index is 13.4. The molecule has 17 heavy (non-hydrogen) atoms. The molecule has 0 radical (unpaired) electrons. The number of carbonyl (C=O) groups excluding carboxylic acids is 1. The molecule has 1 heterocycles. The predicted molar refractivity (Wildman–Crippen MR) is 65.6 cm³/mol. The van der Waals surface area contributed by atoms with Gasteiger partial charge in [-0.3, -0.25) is 4.79 Å². The zero-order chi connectivity index (χ0) is 12.4. The number of rotatable bonds is 2. The summed E-state index contributed by atoms with van der Waals surface area (Å²) in [5, 5.41) is 0. The molecule has 4 nitrogen and oxygen atoms in total. The summed E-state index contributed by atoms with van der Waals surface area (Å²) in [6, 6.07) is 2.75. The van der Waals surface area contributed by atoms with Gasteiger partial charge in [0.05, 0.1) is 28.9 Å². The second kappa shape index (κ2) is 5.01. The summed E-state index contributed by atoms with van der Waals surface area (Å²) in [5.74, 6) is -1.12. The number of benzene rings is 1. The number of morpholine rings is 1. The van der Waals surface area contributed by atoms with Crippen LogP contribution in [0.25, 0.3) is 0 Å². The van der Waals surface area contributed by atoms with Crippen LogP contribution in [0.2, 0.25) is 0 Å². The number of hydrogen-bond donors (Lipinski definition) is 1. The molecule has 1 fully saturated rings. The summed E-state index contributed by atoms with van der Waals surface area (Å²) in [6.45, 7) is 2.51. The van der Waals surface area contributed by atoms with E-state index in [0.29, 0.717) is 36.5 Å². The molecule has 1 saturated heterocycles. The maximum absolute atomic E-state index is 13.4. The fourth-order valence-electron chi connectivity index (χ4n) is 1.80. The molecule has 6 heteroatoms. The van der Waals surface area contributed by atoms with E-state index < -0.39 is 11.7 Å². The first kappa shape index (κ1) is 12.3. The van der Waals surface area contributed by atoms with E-state index in [1.807, 2.05) is 4.90 Å². The Kier molecular flexibility index (Phi) is 3.63. The molecule has 1 aromatic rings. The molecule has 0 aliphatic carbocycles. The van der Waals surface area contributed by atoms with Crippen LogP contribution in [0, 0.1) is 5.82 Å². The van der Waals surface area contributed by atoms with Crippen molar-refractivity contribution in [1.82, 2.24) is 0 Å². The summed E-state index contributed by atoms with van der Waals surface area (Å²) in [4.78, 5) is 13.3. The van der Waals surface area contributed by atoms with E-state index in [9.17, 15) is 9.18 Å². The molecule has 0 bridgehead atoms. The lowest BCUT2D eigenvalue weighted by Gasteiger charge is -2.30. The van der Waals surface area contributed by atoms with Gasteiger partial charge >= 0.3 is 0 Å². The van der Waals surface area contributed by atoms with Gasteiger partial charge in [-0.05, 0) is 28.1 Å². The van der Waals surface area contributed by atoms with Crippen molar-refractivity contribution in [3.8, 4) is 0 Å². The number of primary amides is 1. The average molecular weight is 303 g/mol. The van der Waals surface area contributed by atoms with Gasteiger partial charge in [0.1, 0.15) is 5.82 Å². The Labute approximate surface area is 107 Å².